The highest BCUT2D eigenvalue weighted by molar-refractivity contribution is 5.83. The number of carbonyl (C=O) groups excluding carboxylic acids is 1. The lowest BCUT2D eigenvalue weighted by atomic mass is 9.76. The van der Waals surface area contributed by atoms with Crippen LogP contribution in [0.4, 0.5) is 8.78 Å². The van der Waals surface area contributed by atoms with E-state index in [2.05, 4.69) is 10.3 Å². The van der Waals surface area contributed by atoms with Crippen molar-refractivity contribution in [3.05, 3.63) is 0 Å². The molecule has 0 aromatic heterocycles. The van der Waals surface area contributed by atoms with Crippen molar-refractivity contribution in [3.8, 4) is 0 Å². The van der Waals surface area contributed by atoms with Crippen LogP contribution in [0.5, 0.6) is 0 Å². The molecule has 3 aliphatic rings. The van der Waals surface area contributed by atoms with Crippen LogP contribution in [-0.2, 0) is 4.79 Å². The van der Waals surface area contributed by atoms with Gasteiger partial charge in [0.05, 0.1) is 6.04 Å². The van der Waals surface area contributed by atoms with E-state index >= 15 is 0 Å². The summed E-state index contributed by atoms with van der Waals surface area (Å²) >= 11 is 0. The van der Waals surface area contributed by atoms with Crippen LogP contribution < -0.4 is 5.32 Å². The minimum absolute atomic E-state index is 0.145. The number of nitrogens with one attached hydrogen (secondary N) is 1. The number of piperidine rings is 1. The van der Waals surface area contributed by atoms with Crippen molar-refractivity contribution < 1.29 is 13.6 Å². The first kappa shape index (κ1) is 13.0. The zero-order valence-electron chi connectivity index (χ0n) is 10.8. The Bertz CT molecular complexity index is 391. The lowest BCUT2D eigenvalue weighted by molar-refractivity contribution is -0.137. The van der Waals surface area contributed by atoms with Gasteiger partial charge in [-0.15, -0.1) is 0 Å². The van der Waals surface area contributed by atoms with Crippen LogP contribution in [0.15, 0.2) is 4.99 Å². The summed E-state index contributed by atoms with van der Waals surface area (Å²) in [6, 6.07) is -0.691. The minimum atomic E-state index is -2.42. The standard InChI is InChI=1S/C13H19F2N3O/c14-11(15)9-1-4-17-10(9)12(19)18-5-2-13(3-6-18)7-16-8-13/h7,9-11,17H,1-6,8H2/t9-,10-/m1/s1. The Hall–Kier alpha value is -1.04. The predicted octanol–water partition coefficient (Wildman–Crippen LogP) is 0.923. The highest BCUT2D eigenvalue weighted by atomic mass is 19.3. The molecule has 3 aliphatic heterocycles. The van der Waals surface area contributed by atoms with E-state index < -0.39 is 18.4 Å². The number of alkyl halides is 2. The van der Waals surface area contributed by atoms with Gasteiger partial charge in [0.15, 0.2) is 0 Å². The second kappa shape index (κ2) is 4.81. The van der Waals surface area contributed by atoms with E-state index in [1.54, 1.807) is 4.90 Å². The third kappa shape index (κ3) is 2.26. The fraction of sp³-hybridized carbons (Fsp3) is 0.846. The number of amides is 1. The van der Waals surface area contributed by atoms with Gasteiger partial charge >= 0.3 is 0 Å². The van der Waals surface area contributed by atoms with Gasteiger partial charge in [0, 0.05) is 37.2 Å². The Labute approximate surface area is 111 Å². The molecule has 6 heteroatoms. The number of hydrogen-bond acceptors (Lipinski definition) is 3. The molecule has 19 heavy (non-hydrogen) atoms. The molecule has 1 amide bonds. The van der Waals surface area contributed by atoms with Gasteiger partial charge in [-0.2, -0.15) is 0 Å². The highest BCUT2D eigenvalue weighted by Crippen LogP contribution is 2.35. The molecule has 0 radical (unpaired) electrons. The number of rotatable bonds is 2. The monoisotopic (exact) mass is 271 g/mol. The highest BCUT2D eigenvalue weighted by Gasteiger charge is 2.43. The molecule has 2 fully saturated rings. The smallest absolute Gasteiger partial charge is 0.243 e. The number of aliphatic imine (C=N–C) groups is 1. The van der Waals surface area contributed by atoms with Crippen LogP contribution in [0.3, 0.4) is 0 Å². The van der Waals surface area contributed by atoms with Crippen molar-refractivity contribution >= 4 is 12.1 Å². The molecular formula is C13H19F2N3O. The lowest BCUT2D eigenvalue weighted by Gasteiger charge is -2.43. The van der Waals surface area contributed by atoms with Crippen molar-refractivity contribution in [2.75, 3.05) is 26.2 Å². The number of carbonyl (C=O) groups is 1. The zero-order valence-corrected chi connectivity index (χ0v) is 10.8. The van der Waals surface area contributed by atoms with Gasteiger partial charge < -0.3 is 10.2 Å². The quantitative estimate of drug-likeness (QED) is 0.812. The Kier molecular flexibility index (Phi) is 3.28. The molecule has 1 spiro atoms. The van der Waals surface area contributed by atoms with Gasteiger partial charge in [-0.05, 0) is 25.8 Å². The maximum absolute atomic E-state index is 12.9. The minimum Gasteiger partial charge on any atom is -0.341 e. The molecule has 2 saturated heterocycles. The summed E-state index contributed by atoms with van der Waals surface area (Å²) in [5.41, 5.74) is 0.196. The Morgan fingerprint density at radius 3 is 2.63 bits per heavy atom. The summed E-state index contributed by atoms with van der Waals surface area (Å²) in [4.78, 5) is 18.2. The molecule has 0 aromatic carbocycles. The van der Waals surface area contributed by atoms with E-state index in [1.807, 2.05) is 6.21 Å². The molecule has 1 N–H and O–H groups in total. The van der Waals surface area contributed by atoms with Gasteiger partial charge in [0.1, 0.15) is 0 Å². The van der Waals surface area contributed by atoms with Crippen LogP contribution in [0.1, 0.15) is 19.3 Å². The summed E-state index contributed by atoms with van der Waals surface area (Å²) in [5, 5.41) is 2.94. The molecule has 2 atom stereocenters. The van der Waals surface area contributed by atoms with Crippen molar-refractivity contribution in [3.63, 3.8) is 0 Å². The molecule has 106 valence electrons. The Balaban J connectivity index is 1.60. The molecule has 3 heterocycles. The average Bonchev–Trinajstić information content (AvgIpc) is 2.85. The predicted molar refractivity (Wildman–Crippen MR) is 67.5 cm³/mol. The fourth-order valence-corrected chi connectivity index (χ4v) is 3.27. The van der Waals surface area contributed by atoms with Gasteiger partial charge in [-0.25, -0.2) is 8.78 Å². The second-order valence-corrected chi connectivity index (χ2v) is 5.88. The first-order chi connectivity index (χ1) is 9.11. The summed E-state index contributed by atoms with van der Waals surface area (Å²) in [5.74, 6) is -0.970. The van der Waals surface area contributed by atoms with Gasteiger partial charge in [0.25, 0.3) is 0 Å². The number of nitrogens with zero attached hydrogens (tertiary/aromatic N) is 2. The molecule has 4 nitrogen and oxygen atoms in total. The van der Waals surface area contributed by atoms with E-state index in [4.69, 9.17) is 0 Å². The first-order valence-electron chi connectivity index (χ1n) is 6.93. The van der Waals surface area contributed by atoms with Crippen molar-refractivity contribution in [1.82, 2.24) is 10.2 Å². The van der Waals surface area contributed by atoms with E-state index in [9.17, 15) is 13.6 Å². The Morgan fingerprint density at radius 1 is 1.42 bits per heavy atom. The summed E-state index contributed by atoms with van der Waals surface area (Å²) in [6.07, 6.45) is 1.78. The molecule has 0 saturated carbocycles. The second-order valence-electron chi connectivity index (χ2n) is 5.88. The van der Waals surface area contributed by atoms with Gasteiger partial charge in [0.2, 0.25) is 12.3 Å². The van der Waals surface area contributed by atoms with E-state index in [-0.39, 0.29) is 11.3 Å². The summed E-state index contributed by atoms with van der Waals surface area (Å²) in [6.45, 7) is 2.70. The SMILES string of the molecule is O=C([C@@H]1NCC[C@H]1C(F)F)N1CCC2(C=NC2)CC1. The maximum Gasteiger partial charge on any atom is 0.243 e. The molecule has 0 bridgehead atoms. The van der Waals surface area contributed by atoms with Crippen LogP contribution in [-0.4, -0.2) is 55.7 Å². The van der Waals surface area contributed by atoms with Crippen LogP contribution in [0.2, 0.25) is 0 Å². The summed E-state index contributed by atoms with van der Waals surface area (Å²) < 4.78 is 25.8. The van der Waals surface area contributed by atoms with Crippen molar-refractivity contribution in [1.29, 1.82) is 0 Å². The molecule has 0 aliphatic carbocycles. The first-order valence-corrected chi connectivity index (χ1v) is 6.93. The normalized spacial score (nSPS) is 32.9. The molecule has 3 rings (SSSR count). The van der Waals surface area contributed by atoms with E-state index in [0.717, 1.165) is 19.4 Å². The van der Waals surface area contributed by atoms with Crippen molar-refractivity contribution in [2.24, 2.45) is 16.3 Å². The molecule has 0 aromatic rings. The maximum atomic E-state index is 12.9. The number of likely N-dealkylation sites (tertiary alicyclic amines) is 1. The third-order valence-electron chi connectivity index (χ3n) is 4.70. The van der Waals surface area contributed by atoms with Gasteiger partial charge in [-0.3, -0.25) is 9.79 Å². The Morgan fingerprint density at radius 2 is 2.11 bits per heavy atom. The average molecular weight is 271 g/mol. The molecular weight excluding hydrogens is 252 g/mol. The zero-order chi connectivity index (χ0) is 13.5. The van der Waals surface area contributed by atoms with Crippen molar-refractivity contribution in [2.45, 2.75) is 31.7 Å². The number of hydrogen-bond donors (Lipinski definition) is 1. The fourth-order valence-electron chi connectivity index (χ4n) is 3.27. The van der Waals surface area contributed by atoms with Crippen LogP contribution in [0.25, 0.3) is 0 Å². The third-order valence-corrected chi connectivity index (χ3v) is 4.70. The number of halogens is 2. The van der Waals surface area contributed by atoms with Crippen LogP contribution >= 0.6 is 0 Å². The van der Waals surface area contributed by atoms with E-state index in [1.165, 1.54) is 0 Å². The molecule has 0 unspecified atom stereocenters. The topological polar surface area (TPSA) is 44.7 Å². The largest absolute Gasteiger partial charge is 0.341 e. The summed E-state index contributed by atoms with van der Waals surface area (Å²) in [7, 11) is 0. The van der Waals surface area contributed by atoms with Crippen LogP contribution in [0, 0.1) is 11.3 Å². The lowest BCUT2D eigenvalue weighted by Crippen LogP contribution is -2.53. The van der Waals surface area contributed by atoms with Gasteiger partial charge in [-0.1, -0.05) is 0 Å². The van der Waals surface area contributed by atoms with E-state index in [0.29, 0.717) is 26.1 Å².